The third-order valence-electron chi connectivity index (χ3n) is 2.59. The Morgan fingerprint density at radius 1 is 1.43 bits per heavy atom. The zero-order chi connectivity index (χ0) is 16.7. The van der Waals surface area contributed by atoms with Crippen LogP contribution in [0.15, 0.2) is 41.3 Å². The summed E-state index contributed by atoms with van der Waals surface area (Å²) in [5.74, 6) is 0.804. The van der Waals surface area contributed by atoms with Crippen LogP contribution in [0.4, 0.5) is 5.13 Å². The van der Waals surface area contributed by atoms with Crippen molar-refractivity contribution >= 4 is 39.9 Å². The molecule has 1 heterocycles. The summed E-state index contributed by atoms with van der Waals surface area (Å²) in [5.41, 5.74) is 0.538. The van der Waals surface area contributed by atoms with Gasteiger partial charge in [-0.05, 0) is 19.1 Å². The third-order valence-corrected chi connectivity index (χ3v) is 4.56. The number of hydrogen-bond acceptors (Lipinski definition) is 7. The number of benzene rings is 1. The highest BCUT2D eigenvalue weighted by Crippen LogP contribution is 2.25. The number of hydrogen-bond donors (Lipinski definition) is 1. The first-order valence-corrected chi connectivity index (χ1v) is 8.49. The lowest BCUT2D eigenvalue weighted by Gasteiger charge is -2.06. The number of Topliss-reactive ketones (excluding diaryl/α,β-unsaturated/α-hetero) is 1. The fourth-order valence-electron chi connectivity index (χ4n) is 1.56. The van der Waals surface area contributed by atoms with E-state index in [2.05, 4.69) is 22.1 Å². The van der Waals surface area contributed by atoms with Crippen molar-refractivity contribution in [3.8, 4) is 5.75 Å². The van der Waals surface area contributed by atoms with Crippen molar-refractivity contribution in [1.82, 2.24) is 10.2 Å². The summed E-state index contributed by atoms with van der Waals surface area (Å²) in [5, 5.41) is 10.9. The number of rotatable bonds is 8. The maximum atomic E-state index is 11.8. The van der Waals surface area contributed by atoms with Crippen molar-refractivity contribution in [2.75, 3.05) is 17.7 Å². The highest BCUT2D eigenvalue weighted by molar-refractivity contribution is 8.01. The van der Waals surface area contributed by atoms with Crippen LogP contribution >= 0.6 is 23.1 Å². The summed E-state index contributed by atoms with van der Waals surface area (Å²) < 4.78 is 6.14. The molecular weight excluding hydrogens is 334 g/mol. The van der Waals surface area contributed by atoms with Crippen LogP contribution in [0.3, 0.4) is 0 Å². The van der Waals surface area contributed by atoms with Crippen molar-refractivity contribution < 1.29 is 14.3 Å². The van der Waals surface area contributed by atoms with Gasteiger partial charge < -0.3 is 4.74 Å². The Labute approximate surface area is 142 Å². The van der Waals surface area contributed by atoms with Crippen LogP contribution in [0.2, 0.25) is 0 Å². The molecule has 23 heavy (non-hydrogen) atoms. The Kier molecular flexibility index (Phi) is 6.30. The average molecular weight is 349 g/mol. The van der Waals surface area contributed by atoms with E-state index in [0.29, 0.717) is 16.4 Å². The number of nitrogens with zero attached hydrogens (tertiary/aromatic N) is 2. The second kappa shape index (κ2) is 8.44. The van der Waals surface area contributed by atoms with Crippen LogP contribution in [-0.2, 0) is 4.79 Å². The largest absolute Gasteiger partial charge is 0.484 e. The van der Waals surface area contributed by atoms with Crippen LogP contribution in [-0.4, -0.2) is 34.2 Å². The molecule has 8 heteroatoms. The van der Waals surface area contributed by atoms with E-state index in [9.17, 15) is 9.59 Å². The Morgan fingerprint density at radius 2 is 2.26 bits per heavy atom. The predicted octanol–water partition coefficient (Wildman–Crippen LogP) is 3.04. The monoisotopic (exact) mass is 349 g/mol. The number of amides is 1. The van der Waals surface area contributed by atoms with Crippen molar-refractivity contribution in [3.05, 3.63) is 42.5 Å². The lowest BCUT2D eigenvalue weighted by molar-refractivity contribution is -0.118. The van der Waals surface area contributed by atoms with Gasteiger partial charge in [-0.3, -0.25) is 14.9 Å². The van der Waals surface area contributed by atoms with Crippen molar-refractivity contribution in [2.24, 2.45) is 0 Å². The van der Waals surface area contributed by atoms with E-state index in [1.807, 2.05) is 0 Å². The molecule has 0 saturated heterocycles. The van der Waals surface area contributed by atoms with E-state index in [0.717, 1.165) is 10.1 Å². The second-order valence-corrected chi connectivity index (χ2v) is 6.64. The molecule has 0 saturated carbocycles. The summed E-state index contributed by atoms with van der Waals surface area (Å²) in [7, 11) is 0. The first-order valence-electron chi connectivity index (χ1n) is 6.69. The Balaban J connectivity index is 1.85. The van der Waals surface area contributed by atoms with Gasteiger partial charge in [0.25, 0.3) is 5.91 Å². The molecule has 0 unspecified atom stereocenters. The molecule has 0 aliphatic rings. The fourth-order valence-corrected chi connectivity index (χ4v) is 3.09. The highest BCUT2D eigenvalue weighted by atomic mass is 32.2. The third kappa shape index (κ3) is 5.50. The quantitative estimate of drug-likeness (QED) is 0.341. The molecule has 0 aliphatic carbocycles. The topological polar surface area (TPSA) is 81.2 Å². The van der Waals surface area contributed by atoms with Crippen LogP contribution in [0.25, 0.3) is 0 Å². The number of aromatic nitrogens is 2. The SMILES string of the molecule is C=CCSc1nnc(NC(=O)COc2cccc(C(C)=O)c2)s1. The zero-order valence-electron chi connectivity index (χ0n) is 12.4. The molecule has 6 nitrogen and oxygen atoms in total. The van der Waals surface area contributed by atoms with Gasteiger partial charge in [0.15, 0.2) is 16.7 Å². The van der Waals surface area contributed by atoms with Gasteiger partial charge in [0, 0.05) is 11.3 Å². The van der Waals surface area contributed by atoms with Crippen LogP contribution in [0.5, 0.6) is 5.75 Å². The van der Waals surface area contributed by atoms with Crippen LogP contribution in [0, 0.1) is 0 Å². The van der Waals surface area contributed by atoms with E-state index in [1.165, 1.54) is 30.0 Å². The first kappa shape index (κ1) is 17.2. The van der Waals surface area contributed by atoms with Crippen molar-refractivity contribution in [1.29, 1.82) is 0 Å². The zero-order valence-corrected chi connectivity index (χ0v) is 14.1. The molecule has 120 valence electrons. The predicted molar refractivity (Wildman–Crippen MR) is 91.4 cm³/mol. The molecule has 2 aromatic rings. The number of ketones is 1. The van der Waals surface area contributed by atoms with Gasteiger partial charge in [-0.2, -0.15) is 0 Å². The van der Waals surface area contributed by atoms with Gasteiger partial charge in [-0.1, -0.05) is 41.3 Å². The molecule has 2 rings (SSSR count). The Hall–Kier alpha value is -2.19. The minimum absolute atomic E-state index is 0.0571. The Morgan fingerprint density at radius 3 is 3.00 bits per heavy atom. The van der Waals surface area contributed by atoms with Crippen LogP contribution in [0.1, 0.15) is 17.3 Å². The molecule has 0 fully saturated rings. The van der Waals surface area contributed by atoms with E-state index in [-0.39, 0.29) is 18.3 Å². The number of thioether (sulfide) groups is 1. The standard InChI is InChI=1S/C15H15N3O3S2/c1-3-7-22-15-18-17-14(23-15)16-13(20)9-21-12-6-4-5-11(8-12)10(2)19/h3-6,8H,1,7,9H2,2H3,(H,16,17,20). The molecule has 0 bridgehead atoms. The summed E-state index contributed by atoms with van der Waals surface area (Å²) >= 11 is 2.79. The number of anilines is 1. The Bertz CT molecular complexity index is 715. The minimum atomic E-state index is -0.338. The fraction of sp³-hybridized carbons (Fsp3) is 0.200. The lowest BCUT2D eigenvalue weighted by atomic mass is 10.1. The number of nitrogens with one attached hydrogen (secondary N) is 1. The second-order valence-electron chi connectivity index (χ2n) is 4.39. The number of carbonyl (C=O) groups is 2. The van der Waals surface area contributed by atoms with Gasteiger partial charge in [0.05, 0.1) is 0 Å². The number of carbonyl (C=O) groups excluding carboxylic acids is 2. The van der Waals surface area contributed by atoms with Crippen molar-refractivity contribution in [3.63, 3.8) is 0 Å². The van der Waals surface area contributed by atoms with E-state index in [4.69, 9.17) is 4.74 Å². The molecule has 0 atom stereocenters. The normalized spacial score (nSPS) is 10.1. The van der Waals surface area contributed by atoms with Gasteiger partial charge >= 0.3 is 0 Å². The molecule has 1 N–H and O–H groups in total. The van der Waals surface area contributed by atoms with Crippen molar-refractivity contribution in [2.45, 2.75) is 11.3 Å². The lowest BCUT2D eigenvalue weighted by Crippen LogP contribution is -2.20. The van der Waals surface area contributed by atoms with E-state index in [1.54, 1.807) is 30.3 Å². The first-order chi connectivity index (χ1) is 11.1. The maximum absolute atomic E-state index is 11.8. The summed E-state index contributed by atoms with van der Waals surface area (Å²) in [6.07, 6.45) is 1.77. The molecular formula is C15H15N3O3S2. The van der Waals surface area contributed by atoms with Crippen LogP contribution < -0.4 is 10.1 Å². The number of ether oxygens (including phenoxy) is 1. The van der Waals surface area contributed by atoms with Gasteiger partial charge in [0.2, 0.25) is 5.13 Å². The summed E-state index contributed by atoms with van der Waals surface area (Å²) in [4.78, 5) is 23.1. The van der Waals surface area contributed by atoms with E-state index >= 15 is 0 Å². The smallest absolute Gasteiger partial charge is 0.264 e. The summed E-state index contributed by atoms with van der Waals surface area (Å²) in [6, 6.07) is 6.69. The van der Waals surface area contributed by atoms with Gasteiger partial charge in [-0.15, -0.1) is 16.8 Å². The minimum Gasteiger partial charge on any atom is -0.484 e. The average Bonchev–Trinajstić information content (AvgIpc) is 2.98. The molecule has 0 aliphatic heterocycles. The maximum Gasteiger partial charge on any atom is 0.264 e. The molecule has 1 aromatic heterocycles. The molecule has 0 spiro atoms. The van der Waals surface area contributed by atoms with E-state index < -0.39 is 0 Å². The van der Waals surface area contributed by atoms with Gasteiger partial charge in [0.1, 0.15) is 5.75 Å². The molecule has 0 radical (unpaired) electrons. The molecule has 1 aromatic carbocycles. The van der Waals surface area contributed by atoms with Gasteiger partial charge in [-0.25, -0.2) is 0 Å². The highest BCUT2D eigenvalue weighted by Gasteiger charge is 2.09. The molecule has 1 amide bonds. The summed E-state index contributed by atoms with van der Waals surface area (Å²) in [6.45, 7) is 4.93.